The van der Waals surface area contributed by atoms with Gasteiger partial charge in [0.05, 0.1) is 25.4 Å². The van der Waals surface area contributed by atoms with Crippen LogP contribution in [0, 0.1) is 0 Å². The van der Waals surface area contributed by atoms with Crippen LogP contribution in [0.2, 0.25) is 0 Å². The summed E-state index contributed by atoms with van der Waals surface area (Å²) in [6, 6.07) is 0. The second-order valence-corrected chi connectivity index (χ2v) is 7.60. The summed E-state index contributed by atoms with van der Waals surface area (Å²) < 4.78 is 11.2. The van der Waals surface area contributed by atoms with Crippen molar-refractivity contribution in [3.05, 3.63) is 0 Å². The van der Waals surface area contributed by atoms with E-state index in [1.807, 2.05) is 13.8 Å². The van der Waals surface area contributed by atoms with Crippen molar-refractivity contribution in [2.24, 2.45) is 0 Å². The van der Waals surface area contributed by atoms with Crippen LogP contribution in [0.5, 0.6) is 0 Å². The van der Waals surface area contributed by atoms with Crippen LogP contribution in [-0.4, -0.2) is 37.1 Å². The maximum absolute atomic E-state index is 8.90. The number of hydrogen-bond acceptors (Lipinski definition) is 3. The van der Waals surface area contributed by atoms with Crippen LogP contribution in [0.25, 0.3) is 0 Å². The Kier molecular flexibility index (Phi) is 20.1. The van der Waals surface area contributed by atoms with Gasteiger partial charge >= 0.3 is 0 Å². The van der Waals surface area contributed by atoms with Gasteiger partial charge in [-0.05, 0) is 20.3 Å². The van der Waals surface area contributed by atoms with Gasteiger partial charge in [-0.15, -0.1) is 0 Å². The lowest BCUT2D eigenvalue weighted by atomic mass is 10.0. The molecule has 0 bridgehead atoms. The number of aliphatic hydroxyl groups excluding tert-OH is 1. The van der Waals surface area contributed by atoms with Crippen LogP contribution in [-0.2, 0) is 9.47 Å². The Balaban J connectivity index is 3.11. The maximum atomic E-state index is 8.90. The molecule has 3 nitrogen and oxygen atoms in total. The summed E-state index contributed by atoms with van der Waals surface area (Å²) in [5.41, 5.74) is 0. The lowest BCUT2D eigenvalue weighted by Crippen LogP contribution is -2.22. The normalized spacial score (nSPS) is 13.9. The van der Waals surface area contributed by atoms with Crippen molar-refractivity contribution >= 4 is 0 Å². The standard InChI is InChI=1S/C22H46O3/c1-4-5-6-7-8-9-10-11-12-13-14-15-16-17-18-24-22(3)20-25-21(2)19-23/h21-23H,4-20H2,1-3H3. The fraction of sp³-hybridized carbons (Fsp3) is 1.00. The first-order valence-electron chi connectivity index (χ1n) is 11.0. The topological polar surface area (TPSA) is 38.7 Å². The van der Waals surface area contributed by atoms with E-state index in [2.05, 4.69) is 6.92 Å². The van der Waals surface area contributed by atoms with Crippen molar-refractivity contribution in [3.63, 3.8) is 0 Å². The summed E-state index contributed by atoms with van der Waals surface area (Å²) >= 11 is 0. The monoisotopic (exact) mass is 358 g/mol. The molecule has 0 fully saturated rings. The Morgan fingerprint density at radius 2 is 1.04 bits per heavy atom. The molecule has 0 saturated heterocycles. The van der Waals surface area contributed by atoms with E-state index in [-0.39, 0.29) is 18.8 Å². The number of unbranched alkanes of at least 4 members (excludes halogenated alkanes) is 13. The lowest BCUT2D eigenvalue weighted by molar-refractivity contribution is -0.0459. The summed E-state index contributed by atoms with van der Waals surface area (Å²) in [6.07, 6.45) is 19.4. The summed E-state index contributed by atoms with van der Waals surface area (Å²) in [6.45, 7) is 7.67. The minimum absolute atomic E-state index is 0.0751. The summed E-state index contributed by atoms with van der Waals surface area (Å²) in [7, 11) is 0. The van der Waals surface area contributed by atoms with Gasteiger partial charge in [0.25, 0.3) is 0 Å². The van der Waals surface area contributed by atoms with Gasteiger partial charge < -0.3 is 14.6 Å². The van der Waals surface area contributed by atoms with E-state index in [0.717, 1.165) is 13.0 Å². The molecule has 0 aromatic heterocycles. The number of aliphatic hydroxyl groups is 1. The third kappa shape index (κ3) is 20.0. The molecular formula is C22H46O3. The van der Waals surface area contributed by atoms with Crippen LogP contribution in [0.4, 0.5) is 0 Å². The van der Waals surface area contributed by atoms with Crippen molar-refractivity contribution in [3.8, 4) is 0 Å². The molecule has 0 aromatic carbocycles. The Bertz CT molecular complexity index is 245. The van der Waals surface area contributed by atoms with Gasteiger partial charge in [0.2, 0.25) is 0 Å². The van der Waals surface area contributed by atoms with Crippen LogP contribution in [0.1, 0.15) is 111 Å². The smallest absolute Gasteiger partial charge is 0.0780 e. The number of ether oxygens (including phenoxy) is 2. The molecule has 0 aliphatic heterocycles. The summed E-state index contributed by atoms with van der Waals surface area (Å²) in [4.78, 5) is 0. The maximum Gasteiger partial charge on any atom is 0.0780 e. The van der Waals surface area contributed by atoms with Crippen LogP contribution < -0.4 is 0 Å². The molecule has 0 aliphatic carbocycles. The molecular weight excluding hydrogens is 312 g/mol. The Morgan fingerprint density at radius 1 is 0.600 bits per heavy atom. The molecule has 1 N–H and O–H groups in total. The first-order valence-corrected chi connectivity index (χ1v) is 11.0. The molecule has 0 spiro atoms. The molecule has 0 aromatic rings. The molecule has 152 valence electrons. The highest BCUT2D eigenvalue weighted by Crippen LogP contribution is 2.13. The van der Waals surface area contributed by atoms with E-state index in [9.17, 15) is 0 Å². The van der Waals surface area contributed by atoms with E-state index in [1.165, 1.54) is 83.5 Å². The Hall–Kier alpha value is -0.120. The molecule has 2 atom stereocenters. The van der Waals surface area contributed by atoms with Crippen molar-refractivity contribution in [2.45, 2.75) is 123 Å². The molecule has 25 heavy (non-hydrogen) atoms. The zero-order chi connectivity index (χ0) is 18.6. The van der Waals surface area contributed by atoms with Crippen molar-refractivity contribution in [2.75, 3.05) is 19.8 Å². The number of rotatable bonds is 20. The molecule has 0 amide bonds. The van der Waals surface area contributed by atoms with Gasteiger partial charge in [-0.3, -0.25) is 0 Å². The van der Waals surface area contributed by atoms with Gasteiger partial charge in [0, 0.05) is 6.61 Å². The van der Waals surface area contributed by atoms with Gasteiger partial charge in [0.15, 0.2) is 0 Å². The van der Waals surface area contributed by atoms with E-state index < -0.39 is 0 Å². The number of hydrogen-bond donors (Lipinski definition) is 1. The summed E-state index contributed by atoms with van der Waals surface area (Å²) in [5, 5.41) is 8.90. The van der Waals surface area contributed by atoms with Crippen molar-refractivity contribution < 1.29 is 14.6 Å². The van der Waals surface area contributed by atoms with Gasteiger partial charge in [-0.1, -0.05) is 90.4 Å². The average Bonchev–Trinajstić information content (AvgIpc) is 2.62. The minimum atomic E-state index is -0.0906. The van der Waals surface area contributed by atoms with Gasteiger partial charge in [-0.25, -0.2) is 0 Å². The minimum Gasteiger partial charge on any atom is -0.394 e. The molecule has 2 unspecified atom stereocenters. The predicted molar refractivity (Wildman–Crippen MR) is 108 cm³/mol. The first-order chi connectivity index (χ1) is 12.2. The lowest BCUT2D eigenvalue weighted by Gasteiger charge is -2.16. The first kappa shape index (κ1) is 24.9. The zero-order valence-electron chi connectivity index (χ0n) is 17.4. The SMILES string of the molecule is CCCCCCCCCCCCCCCCOC(C)COC(C)CO. The molecule has 0 rings (SSSR count). The largest absolute Gasteiger partial charge is 0.394 e. The second kappa shape index (κ2) is 20.2. The van der Waals surface area contributed by atoms with Crippen molar-refractivity contribution in [1.29, 1.82) is 0 Å². The van der Waals surface area contributed by atoms with Gasteiger partial charge in [-0.2, -0.15) is 0 Å². The van der Waals surface area contributed by atoms with Crippen molar-refractivity contribution in [1.82, 2.24) is 0 Å². The fourth-order valence-electron chi connectivity index (χ4n) is 2.98. The molecule has 0 heterocycles. The highest BCUT2D eigenvalue weighted by Gasteiger charge is 2.05. The highest BCUT2D eigenvalue weighted by molar-refractivity contribution is 4.53. The van der Waals surface area contributed by atoms with E-state index in [1.54, 1.807) is 0 Å². The molecule has 0 radical (unpaired) electrons. The molecule has 3 heteroatoms. The van der Waals surface area contributed by atoms with Crippen LogP contribution in [0.3, 0.4) is 0 Å². The van der Waals surface area contributed by atoms with E-state index in [4.69, 9.17) is 14.6 Å². The second-order valence-electron chi connectivity index (χ2n) is 7.60. The predicted octanol–water partition coefficient (Wildman–Crippen LogP) is 6.27. The van der Waals surface area contributed by atoms with E-state index >= 15 is 0 Å². The molecule has 0 saturated carbocycles. The fourth-order valence-corrected chi connectivity index (χ4v) is 2.98. The van der Waals surface area contributed by atoms with Gasteiger partial charge in [0.1, 0.15) is 0 Å². The Labute approximate surface area is 157 Å². The molecule has 0 aliphatic rings. The highest BCUT2D eigenvalue weighted by atomic mass is 16.5. The Morgan fingerprint density at radius 3 is 1.48 bits per heavy atom. The van der Waals surface area contributed by atoms with E-state index in [0.29, 0.717) is 6.61 Å². The quantitative estimate of drug-likeness (QED) is 0.261. The van der Waals surface area contributed by atoms with Crippen LogP contribution in [0.15, 0.2) is 0 Å². The third-order valence-electron chi connectivity index (χ3n) is 4.77. The third-order valence-corrected chi connectivity index (χ3v) is 4.77. The van der Waals surface area contributed by atoms with Crippen LogP contribution >= 0.6 is 0 Å². The summed E-state index contributed by atoms with van der Waals surface area (Å²) in [5.74, 6) is 0. The average molecular weight is 359 g/mol. The zero-order valence-corrected chi connectivity index (χ0v) is 17.4.